The Kier molecular flexibility index (Phi) is 2.83. The topological polar surface area (TPSA) is 66.6 Å². The Morgan fingerprint density at radius 1 is 1.50 bits per heavy atom. The van der Waals surface area contributed by atoms with Crippen LogP contribution in [0.5, 0.6) is 0 Å². The molecule has 0 heterocycles. The summed E-state index contributed by atoms with van der Waals surface area (Å²) in [6.07, 6.45) is 0.996. The van der Waals surface area contributed by atoms with Crippen LogP contribution >= 0.6 is 0 Å². The van der Waals surface area contributed by atoms with Gasteiger partial charge in [0.15, 0.2) is 0 Å². The van der Waals surface area contributed by atoms with Gasteiger partial charge in [-0.15, -0.1) is 0 Å². The second kappa shape index (κ2) is 4.14. The van der Waals surface area contributed by atoms with Gasteiger partial charge in [-0.3, -0.25) is 5.21 Å². The van der Waals surface area contributed by atoms with E-state index in [4.69, 9.17) is 5.73 Å². The summed E-state index contributed by atoms with van der Waals surface area (Å²) in [4.78, 5) is 10.8. The number of primary amides is 1. The Hall–Kier alpha value is -1.55. The average Bonchev–Trinajstić information content (AvgIpc) is 3.08. The molecule has 4 nitrogen and oxygen atoms in total. The molecule has 0 saturated heterocycles. The van der Waals surface area contributed by atoms with Gasteiger partial charge in [0.25, 0.3) is 0 Å². The number of nitrogens with zero attached hydrogens (tertiary/aromatic N) is 1. The second-order valence-electron chi connectivity index (χ2n) is 4.34. The smallest absolute Gasteiger partial charge is 0.338 e. The third-order valence-corrected chi connectivity index (χ3v) is 3.30. The van der Waals surface area contributed by atoms with E-state index in [0.717, 1.165) is 6.42 Å². The molecule has 1 unspecified atom stereocenters. The molecule has 1 saturated carbocycles. The van der Waals surface area contributed by atoms with E-state index in [0.29, 0.717) is 16.9 Å². The van der Waals surface area contributed by atoms with Crippen molar-refractivity contribution in [2.75, 3.05) is 0 Å². The van der Waals surface area contributed by atoms with E-state index in [1.807, 2.05) is 25.1 Å². The monoisotopic (exact) mass is 220 g/mol. The molecule has 1 aromatic rings. The molecular weight excluding hydrogens is 204 g/mol. The zero-order chi connectivity index (χ0) is 11.7. The Morgan fingerprint density at radius 2 is 2.12 bits per heavy atom. The summed E-state index contributed by atoms with van der Waals surface area (Å²) in [5, 5.41) is 10.1. The molecule has 0 radical (unpaired) electrons. The molecule has 0 aromatic heterocycles. The van der Waals surface area contributed by atoms with Crippen LogP contribution in [0.25, 0.3) is 0 Å². The normalized spacial score (nSPS) is 24.9. The second-order valence-corrected chi connectivity index (χ2v) is 4.34. The van der Waals surface area contributed by atoms with Gasteiger partial charge in [-0.2, -0.15) is 0 Å². The number of hydroxylamine groups is 2. The van der Waals surface area contributed by atoms with Gasteiger partial charge in [0.1, 0.15) is 0 Å². The summed E-state index contributed by atoms with van der Waals surface area (Å²) in [6, 6.07) is 9.12. The van der Waals surface area contributed by atoms with Crippen LogP contribution in [-0.2, 0) is 0 Å². The van der Waals surface area contributed by atoms with Crippen LogP contribution in [0.1, 0.15) is 24.8 Å². The summed E-state index contributed by atoms with van der Waals surface area (Å²) in [5.41, 5.74) is 6.28. The molecule has 4 heteroatoms. The van der Waals surface area contributed by atoms with Gasteiger partial charge in [0, 0.05) is 0 Å². The molecule has 2 rings (SSSR count). The van der Waals surface area contributed by atoms with Crippen LogP contribution < -0.4 is 5.73 Å². The van der Waals surface area contributed by atoms with E-state index in [2.05, 4.69) is 12.1 Å². The summed E-state index contributed by atoms with van der Waals surface area (Å²) in [6.45, 7) is 1.82. The van der Waals surface area contributed by atoms with Crippen molar-refractivity contribution < 1.29 is 10.0 Å². The molecule has 0 bridgehead atoms. The van der Waals surface area contributed by atoms with Gasteiger partial charge in [0.2, 0.25) is 0 Å². The van der Waals surface area contributed by atoms with Crippen molar-refractivity contribution in [3.8, 4) is 0 Å². The minimum Gasteiger partial charge on any atom is -0.350 e. The van der Waals surface area contributed by atoms with Crippen LogP contribution in [-0.4, -0.2) is 22.3 Å². The van der Waals surface area contributed by atoms with E-state index in [-0.39, 0.29) is 6.04 Å². The van der Waals surface area contributed by atoms with Gasteiger partial charge in [0.05, 0.1) is 6.04 Å². The highest BCUT2D eigenvalue weighted by Crippen LogP contribution is 2.50. The van der Waals surface area contributed by atoms with E-state index in [9.17, 15) is 10.0 Å². The molecule has 1 aromatic carbocycles. The first-order chi connectivity index (χ1) is 7.61. The highest BCUT2D eigenvalue weighted by atomic mass is 16.5. The van der Waals surface area contributed by atoms with Gasteiger partial charge >= 0.3 is 6.03 Å². The van der Waals surface area contributed by atoms with E-state index < -0.39 is 6.03 Å². The van der Waals surface area contributed by atoms with Crippen LogP contribution in [0.3, 0.4) is 0 Å². The number of nitrogens with two attached hydrogens (primary N) is 1. The van der Waals surface area contributed by atoms with Crippen molar-refractivity contribution in [3.05, 3.63) is 35.9 Å². The van der Waals surface area contributed by atoms with Crippen LogP contribution in [0.15, 0.2) is 30.3 Å². The Labute approximate surface area is 94.6 Å². The predicted molar refractivity (Wildman–Crippen MR) is 60.0 cm³/mol. The van der Waals surface area contributed by atoms with Crippen molar-refractivity contribution in [3.63, 3.8) is 0 Å². The van der Waals surface area contributed by atoms with Crippen LogP contribution in [0.2, 0.25) is 0 Å². The standard InChI is InChI=1S/C12H16N2O2/c1-8(14(16)12(13)15)10-7-11(10)9-5-3-2-4-6-9/h2-6,8,10-11,16H,7H2,1H3,(H2,13,15)/t8?,10-,11-/m0/s1. The SMILES string of the molecule is CC([C@@H]1C[C@H]1c1ccccc1)N(O)C(N)=O. The summed E-state index contributed by atoms with van der Waals surface area (Å²) in [7, 11) is 0. The van der Waals surface area contributed by atoms with Crippen molar-refractivity contribution >= 4 is 6.03 Å². The molecule has 0 aliphatic heterocycles. The Bertz CT molecular complexity index is 380. The fourth-order valence-electron chi connectivity index (χ4n) is 2.21. The molecule has 3 N–H and O–H groups in total. The highest BCUT2D eigenvalue weighted by Gasteiger charge is 2.44. The molecule has 1 aliphatic carbocycles. The average molecular weight is 220 g/mol. The number of hydrogen-bond acceptors (Lipinski definition) is 2. The van der Waals surface area contributed by atoms with Gasteiger partial charge < -0.3 is 5.73 Å². The third kappa shape index (κ3) is 2.02. The number of hydrogen-bond donors (Lipinski definition) is 2. The zero-order valence-electron chi connectivity index (χ0n) is 9.21. The minimum absolute atomic E-state index is 0.220. The largest absolute Gasteiger partial charge is 0.350 e. The fraction of sp³-hybridized carbons (Fsp3) is 0.417. The molecule has 3 atom stereocenters. The van der Waals surface area contributed by atoms with Crippen LogP contribution in [0.4, 0.5) is 4.79 Å². The third-order valence-electron chi connectivity index (χ3n) is 3.30. The maximum atomic E-state index is 10.8. The van der Waals surface area contributed by atoms with E-state index >= 15 is 0 Å². The zero-order valence-corrected chi connectivity index (χ0v) is 9.21. The van der Waals surface area contributed by atoms with Crippen molar-refractivity contribution in [1.82, 2.24) is 5.06 Å². The lowest BCUT2D eigenvalue weighted by atomic mass is 10.1. The summed E-state index contributed by atoms with van der Waals surface area (Å²) in [5.74, 6) is 0.741. The minimum atomic E-state index is -0.786. The number of amides is 2. The lowest BCUT2D eigenvalue weighted by Gasteiger charge is -2.20. The first-order valence-electron chi connectivity index (χ1n) is 5.43. The van der Waals surface area contributed by atoms with E-state index in [1.165, 1.54) is 5.56 Å². The molecule has 0 spiro atoms. The molecule has 1 fully saturated rings. The first-order valence-corrected chi connectivity index (χ1v) is 5.43. The summed E-state index contributed by atoms with van der Waals surface area (Å²) < 4.78 is 0. The molecule has 16 heavy (non-hydrogen) atoms. The highest BCUT2D eigenvalue weighted by molar-refractivity contribution is 5.71. The van der Waals surface area contributed by atoms with Crippen molar-refractivity contribution in [1.29, 1.82) is 0 Å². The number of carbonyl (C=O) groups is 1. The number of rotatable bonds is 3. The Morgan fingerprint density at radius 3 is 2.69 bits per heavy atom. The molecule has 1 aliphatic rings. The number of urea groups is 1. The Balaban J connectivity index is 1.99. The lowest BCUT2D eigenvalue weighted by Crippen LogP contribution is -2.40. The van der Waals surface area contributed by atoms with Crippen molar-refractivity contribution in [2.24, 2.45) is 11.7 Å². The number of carbonyl (C=O) groups excluding carboxylic acids is 1. The molecule has 86 valence electrons. The maximum absolute atomic E-state index is 10.8. The van der Waals surface area contributed by atoms with Gasteiger partial charge in [-0.25, -0.2) is 9.86 Å². The lowest BCUT2D eigenvalue weighted by molar-refractivity contribution is -0.0760. The van der Waals surface area contributed by atoms with Crippen molar-refractivity contribution in [2.45, 2.75) is 25.3 Å². The van der Waals surface area contributed by atoms with Gasteiger partial charge in [-0.1, -0.05) is 30.3 Å². The van der Waals surface area contributed by atoms with Crippen LogP contribution in [0, 0.1) is 5.92 Å². The first kappa shape index (κ1) is 11.0. The van der Waals surface area contributed by atoms with Gasteiger partial charge in [-0.05, 0) is 30.7 Å². The molecular formula is C12H16N2O2. The fourth-order valence-corrected chi connectivity index (χ4v) is 2.21. The predicted octanol–water partition coefficient (Wildman–Crippen LogP) is 1.95. The van der Waals surface area contributed by atoms with E-state index in [1.54, 1.807) is 0 Å². The molecule has 2 amide bonds. The quantitative estimate of drug-likeness (QED) is 0.604. The maximum Gasteiger partial charge on any atom is 0.338 e. The number of benzene rings is 1. The summed E-state index contributed by atoms with van der Waals surface area (Å²) >= 11 is 0.